The van der Waals surface area contributed by atoms with Crippen LogP contribution in [-0.4, -0.2) is 25.3 Å². The number of esters is 1. The lowest BCUT2D eigenvalue weighted by atomic mass is 10.2. The molecule has 0 saturated heterocycles. The Balaban J connectivity index is 1.75. The van der Waals surface area contributed by atoms with Crippen molar-refractivity contribution in [3.8, 4) is 5.75 Å². The van der Waals surface area contributed by atoms with Gasteiger partial charge in [-0.1, -0.05) is 24.8 Å². The molecule has 0 amide bonds. The summed E-state index contributed by atoms with van der Waals surface area (Å²) in [5.41, 5.74) is 0.139. The SMILES string of the molecule is C=C(C)C(=O)OCCOC(=O)Oc1cccc2c(=O)c3ccccc3sc12. The van der Waals surface area contributed by atoms with Gasteiger partial charge in [0.15, 0.2) is 11.2 Å². The van der Waals surface area contributed by atoms with Crippen molar-refractivity contribution in [2.24, 2.45) is 0 Å². The van der Waals surface area contributed by atoms with Gasteiger partial charge in [0.05, 0.1) is 4.70 Å². The lowest BCUT2D eigenvalue weighted by molar-refractivity contribution is -0.140. The van der Waals surface area contributed by atoms with Crippen LogP contribution in [-0.2, 0) is 14.3 Å². The smallest absolute Gasteiger partial charge is 0.459 e. The molecule has 3 rings (SSSR count). The summed E-state index contributed by atoms with van der Waals surface area (Å²) in [5, 5.41) is 1.09. The van der Waals surface area contributed by atoms with Crippen molar-refractivity contribution >= 4 is 43.6 Å². The van der Waals surface area contributed by atoms with E-state index >= 15 is 0 Å². The zero-order valence-electron chi connectivity index (χ0n) is 14.5. The number of ether oxygens (including phenoxy) is 3. The fourth-order valence-corrected chi connectivity index (χ4v) is 3.50. The minimum atomic E-state index is -0.943. The van der Waals surface area contributed by atoms with Gasteiger partial charge < -0.3 is 14.2 Å². The highest BCUT2D eigenvalue weighted by Crippen LogP contribution is 2.32. The number of fused-ring (bicyclic) bond motifs is 2. The molecular weight excluding hydrogens is 368 g/mol. The molecule has 0 aliphatic carbocycles. The second-order valence-corrected chi connectivity index (χ2v) is 6.73. The first kappa shape index (κ1) is 18.6. The molecule has 1 aromatic heterocycles. The maximum atomic E-state index is 12.6. The highest BCUT2D eigenvalue weighted by atomic mass is 32.1. The number of carbonyl (C=O) groups excluding carboxylic acids is 2. The first-order valence-electron chi connectivity index (χ1n) is 8.09. The van der Waals surface area contributed by atoms with E-state index in [0.29, 0.717) is 15.5 Å². The van der Waals surface area contributed by atoms with Crippen molar-refractivity contribution in [3.63, 3.8) is 0 Å². The Morgan fingerprint density at radius 2 is 1.70 bits per heavy atom. The van der Waals surface area contributed by atoms with E-state index in [1.54, 1.807) is 30.3 Å². The summed E-state index contributed by atoms with van der Waals surface area (Å²) in [6.45, 7) is 4.72. The van der Waals surface area contributed by atoms with Gasteiger partial charge in [-0.3, -0.25) is 4.79 Å². The molecule has 3 aromatic rings. The Kier molecular flexibility index (Phi) is 5.52. The van der Waals surface area contributed by atoms with Crippen LogP contribution in [0, 0.1) is 0 Å². The highest BCUT2D eigenvalue weighted by Gasteiger charge is 2.14. The van der Waals surface area contributed by atoms with Crippen molar-refractivity contribution in [3.05, 3.63) is 64.8 Å². The summed E-state index contributed by atoms with van der Waals surface area (Å²) in [6.07, 6.45) is -0.943. The van der Waals surface area contributed by atoms with Crippen molar-refractivity contribution in [1.29, 1.82) is 0 Å². The van der Waals surface area contributed by atoms with Crippen LogP contribution in [0.25, 0.3) is 20.2 Å². The first-order chi connectivity index (χ1) is 13.0. The van der Waals surface area contributed by atoms with E-state index in [9.17, 15) is 14.4 Å². The van der Waals surface area contributed by atoms with E-state index < -0.39 is 12.1 Å². The molecule has 0 aliphatic rings. The molecule has 0 N–H and O–H groups in total. The molecule has 0 saturated carbocycles. The summed E-state index contributed by atoms with van der Waals surface area (Å²) in [6, 6.07) is 12.2. The molecule has 0 spiro atoms. The van der Waals surface area contributed by atoms with Gasteiger partial charge in [-0.05, 0) is 31.2 Å². The standard InChI is InChI=1S/C20H16O6S/c1-12(2)19(22)24-10-11-25-20(23)26-15-8-5-7-14-17(21)13-6-3-4-9-16(13)27-18(14)15/h3-9H,1,10-11H2,2H3. The molecule has 0 aliphatic heterocycles. The van der Waals surface area contributed by atoms with Crippen LogP contribution in [0.15, 0.2) is 59.4 Å². The van der Waals surface area contributed by atoms with Crippen LogP contribution >= 0.6 is 11.3 Å². The summed E-state index contributed by atoms with van der Waals surface area (Å²) >= 11 is 1.36. The molecule has 1 heterocycles. The predicted molar refractivity (Wildman–Crippen MR) is 103 cm³/mol. The highest BCUT2D eigenvalue weighted by molar-refractivity contribution is 7.24. The van der Waals surface area contributed by atoms with Crippen molar-refractivity contribution in [1.82, 2.24) is 0 Å². The maximum Gasteiger partial charge on any atom is 0.514 e. The van der Waals surface area contributed by atoms with Crippen LogP contribution in [0.4, 0.5) is 4.79 Å². The van der Waals surface area contributed by atoms with Crippen molar-refractivity contribution in [2.75, 3.05) is 13.2 Å². The third kappa shape index (κ3) is 4.15. The molecule has 2 aromatic carbocycles. The predicted octanol–water partition coefficient (Wildman–Crippen LogP) is 4.05. The minimum absolute atomic E-state index is 0.103. The van der Waals surface area contributed by atoms with Gasteiger partial charge in [-0.15, -0.1) is 11.3 Å². The average molecular weight is 384 g/mol. The average Bonchev–Trinajstić information content (AvgIpc) is 2.66. The monoisotopic (exact) mass is 384 g/mol. The van der Waals surface area contributed by atoms with Gasteiger partial charge in [0.1, 0.15) is 13.2 Å². The number of hydrogen-bond donors (Lipinski definition) is 0. The molecule has 0 atom stereocenters. The van der Waals surface area contributed by atoms with Crippen molar-refractivity contribution in [2.45, 2.75) is 6.92 Å². The van der Waals surface area contributed by atoms with E-state index in [4.69, 9.17) is 14.2 Å². The van der Waals surface area contributed by atoms with Gasteiger partial charge >= 0.3 is 12.1 Å². The van der Waals surface area contributed by atoms with Crippen LogP contribution < -0.4 is 10.2 Å². The van der Waals surface area contributed by atoms with E-state index in [-0.39, 0.29) is 30.0 Å². The molecule has 0 radical (unpaired) electrons. The van der Waals surface area contributed by atoms with Gasteiger partial charge in [0.2, 0.25) is 0 Å². The van der Waals surface area contributed by atoms with E-state index in [1.165, 1.54) is 18.3 Å². The first-order valence-corrected chi connectivity index (χ1v) is 8.91. The summed E-state index contributed by atoms with van der Waals surface area (Å²) in [5.74, 6) is -0.318. The van der Waals surface area contributed by atoms with Gasteiger partial charge in [0, 0.05) is 21.0 Å². The van der Waals surface area contributed by atoms with Crippen LogP contribution in [0.5, 0.6) is 5.75 Å². The molecule has 138 valence electrons. The minimum Gasteiger partial charge on any atom is -0.459 e. The molecule has 7 heteroatoms. The number of carbonyl (C=O) groups is 2. The summed E-state index contributed by atoms with van der Waals surface area (Å²) in [4.78, 5) is 35.8. The third-order valence-corrected chi connectivity index (χ3v) is 4.85. The second-order valence-electron chi connectivity index (χ2n) is 5.68. The van der Waals surface area contributed by atoms with E-state index in [0.717, 1.165) is 4.70 Å². The molecule has 0 bridgehead atoms. The summed E-state index contributed by atoms with van der Waals surface area (Å²) < 4.78 is 16.3. The van der Waals surface area contributed by atoms with Crippen LogP contribution in [0.1, 0.15) is 6.92 Å². The van der Waals surface area contributed by atoms with Crippen LogP contribution in [0.2, 0.25) is 0 Å². The lowest BCUT2D eigenvalue weighted by Gasteiger charge is -2.09. The van der Waals surface area contributed by atoms with Gasteiger partial charge in [-0.25, -0.2) is 9.59 Å². The number of rotatable bonds is 5. The van der Waals surface area contributed by atoms with Crippen LogP contribution in [0.3, 0.4) is 0 Å². The molecular formula is C20H16O6S. The Morgan fingerprint density at radius 1 is 1.00 bits per heavy atom. The van der Waals surface area contributed by atoms with Crippen molar-refractivity contribution < 1.29 is 23.8 Å². The molecule has 0 unspecified atom stereocenters. The van der Waals surface area contributed by atoms with E-state index in [1.807, 2.05) is 12.1 Å². The lowest BCUT2D eigenvalue weighted by Crippen LogP contribution is -2.16. The zero-order chi connectivity index (χ0) is 19.4. The topological polar surface area (TPSA) is 78.9 Å². The Labute approximate surface area is 158 Å². The van der Waals surface area contributed by atoms with Gasteiger partial charge in [0.25, 0.3) is 0 Å². The number of hydrogen-bond acceptors (Lipinski definition) is 7. The normalized spacial score (nSPS) is 10.6. The molecule has 6 nitrogen and oxygen atoms in total. The largest absolute Gasteiger partial charge is 0.514 e. The Bertz CT molecular complexity index is 1100. The fraction of sp³-hybridized carbons (Fsp3) is 0.150. The van der Waals surface area contributed by atoms with Gasteiger partial charge in [-0.2, -0.15) is 0 Å². The quantitative estimate of drug-likeness (QED) is 0.217. The Hall–Kier alpha value is -3.19. The summed E-state index contributed by atoms with van der Waals surface area (Å²) in [7, 11) is 0. The second kappa shape index (κ2) is 8.01. The fourth-order valence-electron chi connectivity index (χ4n) is 2.38. The number of benzene rings is 2. The molecule has 27 heavy (non-hydrogen) atoms. The zero-order valence-corrected chi connectivity index (χ0v) is 15.3. The maximum absolute atomic E-state index is 12.6. The molecule has 0 fully saturated rings. The van der Waals surface area contributed by atoms with E-state index in [2.05, 4.69) is 6.58 Å². The third-order valence-electron chi connectivity index (χ3n) is 3.65. The Morgan fingerprint density at radius 3 is 2.48 bits per heavy atom.